The van der Waals surface area contributed by atoms with Crippen LogP contribution in [0.1, 0.15) is 30.1 Å². The van der Waals surface area contributed by atoms with Crippen LogP contribution >= 0.6 is 0 Å². The largest absolute Gasteiger partial charge is 0.493 e. The van der Waals surface area contributed by atoms with E-state index in [1.807, 2.05) is 66.9 Å². The second kappa shape index (κ2) is 16.1. The Balaban J connectivity index is 1.06. The van der Waals surface area contributed by atoms with Crippen molar-refractivity contribution in [3.63, 3.8) is 0 Å². The number of fused-ring (bicyclic) bond motifs is 1. The number of unbranched alkanes of at least 4 members (excludes halogenated alkanes) is 1. The van der Waals surface area contributed by atoms with Gasteiger partial charge in [0.2, 0.25) is 11.5 Å². The molecule has 266 valence electrons. The highest BCUT2D eigenvalue weighted by Gasteiger charge is 2.21. The minimum Gasteiger partial charge on any atom is -0.493 e. The van der Waals surface area contributed by atoms with Crippen molar-refractivity contribution in [3.05, 3.63) is 83.9 Å². The molecule has 1 aliphatic rings. The summed E-state index contributed by atoms with van der Waals surface area (Å²) in [4.78, 5) is 4.66. The second-order valence-electron chi connectivity index (χ2n) is 11.4. The number of anilines is 1. The fourth-order valence-electron chi connectivity index (χ4n) is 5.72. The van der Waals surface area contributed by atoms with E-state index in [0.717, 1.165) is 35.2 Å². The van der Waals surface area contributed by atoms with Crippen LogP contribution < -0.4 is 43.2 Å². The minimum atomic E-state index is -0.204. The van der Waals surface area contributed by atoms with Gasteiger partial charge in [0.1, 0.15) is 11.9 Å². The highest BCUT2D eigenvalue weighted by molar-refractivity contribution is 5.89. The normalized spacial score (nSPS) is 13.1. The molecule has 0 fully saturated rings. The average Bonchev–Trinajstić information content (AvgIpc) is 3.68. The van der Waals surface area contributed by atoms with E-state index >= 15 is 0 Å². The van der Waals surface area contributed by atoms with Crippen LogP contribution in [0.3, 0.4) is 0 Å². The number of aliphatic imine (C=N–C) groups is 1. The fourth-order valence-corrected chi connectivity index (χ4v) is 5.72. The predicted octanol–water partition coefficient (Wildman–Crippen LogP) is 7.84. The van der Waals surface area contributed by atoms with E-state index in [2.05, 4.69) is 15.5 Å². The van der Waals surface area contributed by atoms with Crippen molar-refractivity contribution in [3.8, 4) is 68.6 Å². The maximum absolute atomic E-state index is 6.16. The summed E-state index contributed by atoms with van der Waals surface area (Å²) in [7, 11) is 9.47. The number of hydrogen-bond donors (Lipinski definition) is 1. The van der Waals surface area contributed by atoms with Gasteiger partial charge in [-0.25, -0.2) is 0 Å². The van der Waals surface area contributed by atoms with Gasteiger partial charge in [-0.05, 0) is 55.3 Å². The quantitative estimate of drug-likeness (QED) is 0.102. The van der Waals surface area contributed by atoms with Gasteiger partial charge in [-0.15, -0.1) is 0 Å². The number of para-hydroxylation sites is 1. The molecule has 0 saturated heterocycles. The molecule has 0 amide bonds. The van der Waals surface area contributed by atoms with Crippen LogP contribution in [0.25, 0.3) is 22.6 Å². The maximum Gasteiger partial charge on any atom is 0.203 e. The van der Waals surface area contributed by atoms with E-state index < -0.39 is 0 Å². The van der Waals surface area contributed by atoms with Gasteiger partial charge in [-0.1, -0.05) is 29.4 Å². The fraction of sp³-hybridized carbons (Fsp3) is 0.282. The lowest BCUT2D eigenvalue weighted by Gasteiger charge is -2.22. The number of ether oxygens (including phenoxy) is 8. The lowest BCUT2D eigenvalue weighted by Crippen LogP contribution is -2.14. The molecule has 1 atom stereocenters. The number of nitrogens with one attached hydrogen (secondary N) is 1. The van der Waals surface area contributed by atoms with Gasteiger partial charge in [-0.2, -0.15) is 0 Å². The molecular formula is C39H41N3O9. The van der Waals surface area contributed by atoms with Crippen LogP contribution in [-0.4, -0.2) is 67.2 Å². The summed E-state index contributed by atoms with van der Waals surface area (Å²) in [6, 6.07) is 23.0. The van der Waals surface area contributed by atoms with E-state index in [4.69, 9.17) is 42.4 Å². The van der Waals surface area contributed by atoms with Crippen molar-refractivity contribution in [2.75, 3.05) is 61.2 Å². The summed E-state index contributed by atoms with van der Waals surface area (Å²) in [5.74, 6) is 4.83. The SMILES string of the molecule is COc1cc(C2N=Cc3ccccc3N2)ccc1OCCCCOc1c(OC)cc(-c2cc(-c3cc(OC)c(OC)c(OC)c3)on2)cc1OC. The van der Waals surface area contributed by atoms with Gasteiger partial charge in [0.25, 0.3) is 0 Å². The van der Waals surface area contributed by atoms with Crippen LogP contribution in [-0.2, 0) is 0 Å². The molecule has 4 aromatic carbocycles. The second-order valence-corrected chi connectivity index (χ2v) is 11.4. The number of methoxy groups -OCH3 is 6. The Kier molecular flexibility index (Phi) is 11.0. The van der Waals surface area contributed by atoms with Gasteiger partial charge in [-0.3, -0.25) is 4.99 Å². The highest BCUT2D eigenvalue weighted by atomic mass is 16.5. The summed E-state index contributed by atoms with van der Waals surface area (Å²) in [6.45, 7) is 0.910. The van der Waals surface area contributed by atoms with Crippen molar-refractivity contribution < 1.29 is 42.4 Å². The van der Waals surface area contributed by atoms with Crippen molar-refractivity contribution in [2.24, 2.45) is 4.99 Å². The molecule has 51 heavy (non-hydrogen) atoms. The maximum atomic E-state index is 6.16. The third kappa shape index (κ3) is 7.59. The summed E-state index contributed by atoms with van der Waals surface area (Å²) >= 11 is 0. The third-order valence-corrected chi connectivity index (χ3v) is 8.38. The van der Waals surface area contributed by atoms with Crippen LogP contribution in [0.4, 0.5) is 5.69 Å². The van der Waals surface area contributed by atoms with Gasteiger partial charge < -0.3 is 47.7 Å². The molecule has 0 aliphatic carbocycles. The Morgan fingerprint density at radius 2 is 1.24 bits per heavy atom. The third-order valence-electron chi connectivity index (χ3n) is 8.38. The molecular weight excluding hydrogens is 654 g/mol. The van der Waals surface area contributed by atoms with Crippen molar-refractivity contribution >= 4 is 11.9 Å². The topological polar surface area (TPSA) is 124 Å². The van der Waals surface area contributed by atoms with Crippen LogP contribution in [0.5, 0.6) is 46.0 Å². The Morgan fingerprint density at radius 3 is 1.90 bits per heavy atom. The molecule has 1 aliphatic heterocycles. The first-order chi connectivity index (χ1) is 25.0. The number of nitrogens with zero attached hydrogens (tertiary/aromatic N) is 2. The van der Waals surface area contributed by atoms with Crippen LogP contribution in [0.15, 0.2) is 82.3 Å². The van der Waals surface area contributed by atoms with Crippen molar-refractivity contribution in [1.29, 1.82) is 0 Å². The average molecular weight is 696 g/mol. The summed E-state index contributed by atoms with van der Waals surface area (Å²) in [5, 5.41) is 7.76. The molecule has 0 radical (unpaired) electrons. The van der Waals surface area contributed by atoms with Gasteiger partial charge in [0.15, 0.2) is 40.3 Å². The molecule has 1 aromatic heterocycles. The molecule has 0 spiro atoms. The van der Waals surface area contributed by atoms with Crippen LogP contribution in [0, 0.1) is 0 Å². The first kappa shape index (κ1) is 34.8. The Labute approximate surface area is 296 Å². The first-order valence-corrected chi connectivity index (χ1v) is 16.4. The zero-order valence-corrected chi connectivity index (χ0v) is 29.5. The first-order valence-electron chi connectivity index (χ1n) is 16.4. The number of aromatic nitrogens is 1. The lowest BCUT2D eigenvalue weighted by atomic mass is 10.1. The molecule has 5 aromatic rings. The molecule has 12 nitrogen and oxygen atoms in total. The molecule has 1 unspecified atom stereocenters. The molecule has 12 heteroatoms. The molecule has 0 bridgehead atoms. The number of hydrogen-bond acceptors (Lipinski definition) is 12. The molecule has 2 heterocycles. The summed E-state index contributed by atoms with van der Waals surface area (Å²) < 4.78 is 51.4. The Morgan fingerprint density at radius 1 is 0.608 bits per heavy atom. The zero-order valence-electron chi connectivity index (χ0n) is 29.5. The standard InChI is InChI=1S/C39H41N3O9/c1-43-32-17-24(39-40-23-25-11-7-8-12-28(25)41-39)13-14-30(32)49-15-9-10-16-50-38-35(46-4)18-26(19-36(38)47-5)29-22-31(51-42-29)27-20-33(44-2)37(48-6)34(21-27)45-3/h7-8,11-14,17-23,39,41H,9-10,15-16H2,1-6H3. The lowest BCUT2D eigenvalue weighted by molar-refractivity contribution is 0.244. The Hall–Kier alpha value is -6.04. The van der Waals surface area contributed by atoms with E-state index in [1.165, 1.54) is 0 Å². The van der Waals surface area contributed by atoms with Gasteiger partial charge >= 0.3 is 0 Å². The van der Waals surface area contributed by atoms with E-state index in [0.29, 0.717) is 76.2 Å². The molecule has 0 saturated carbocycles. The van der Waals surface area contributed by atoms with Gasteiger partial charge in [0, 0.05) is 40.2 Å². The van der Waals surface area contributed by atoms with Crippen molar-refractivity contribution in [1.82, 2.24) is 5.16 Å². The zero-order chi connectivity index (χ0) is 35.7. The van der Waals surface area contributed by atoms with E-state index in [-0.39, 0.29) is 6.17 Å². The smallest absolute Gasteiger partial charge is 0.203 e. The molecule has 1 N–H and O–H groups in total. The Bertz CT molecular complexity index is 1940. The summed E-state index contributed by atoms with van der Waals surface area (Å²) in [5.41, 5.74) is 5.10. The number of rotatable bonds is 16. The van der Waals surface area contributed by atoms with E-state index in [1.54, 1.807) is 54.8 Å². The predicted molar refractivity (Wildman–Crippen MR) is 194 cm³/mol. The van der Waals surface area contributed by atoms with Gasteiger partial charge in [0.05, 0.1) is 55.9 Å². The summed E-state index contributed by atoms with van der Waals surface area (Å²) in [6.07, 6.45) is 3.17. The highest BCUT2D eigenvalue weighted by Crippen LogP contribution is 2.44. The van der Waals surface area contributed by atoms with E-state index in [9.17, 15) is 0 Å². The van der Waals surface area contributed by atoms with Crippen LogP contribution in [0.2, 0.25) is 0 Å². The van der Waals surface area contributed by atoms with Crippen molar-refractivity contribution in [2.45, 2.75) is 19.0 Å². The number of benzene rings is 4. The monoisotopic (exact) mass is 695 g/mol. The molecule has 6 rings (SSSR count). The minimum absolute atomic E-state index is 0.204.